The maximum atomic E-state index is 13.1. The number of nitrogens with one attached hydrogen (secondary N) is 1. The SMILES string of the molecule is CCN(CC)CCNCc1ccc(OCc2ccc(F)cc2Cl)c(OC)c1.Cl.Cl. The van der Waals surface area contributed by atoms with E-state index in [0.29, 0.717) is 16.5 Å². The number of hydrogen-bond acceptors (Lipinski definition) is 4. The average molecular weight is 468 g/mol. The number of methoxy groups -OCH3 is 1. The van der Waals surface area contributed by atoms with E-state index in [1.54, 1.807) is 13.2 Å². The summed E-state index contributed by atoms with van der Waals surface area (Å²) in [5.41, 5.74) is 1.85. The van der Waals surface area contributed by atoms with E-state index >= 15 is 0 Å². The van der Waals surface area contributed by atoms with E-state index in [1.807, 2.05) is 18.2 Å². The van der Waals surface area contributed by atoms with Crippen molar-refractivity contribution in [2.45, 2.75) is 27.0 Å². The number of likely N-dealkylation sites (N-methyl/N-ethyl adjacent to an activating group) is 1. The Labute approximate surface area is 190 Å². The van der Waals surface area contributed by atoms with Gasteiger partial charge in [-0.05, 0) is 42.9 Å². The molecule has 0 spiro atoms. The molecular formula is C21H30Cl3FN2O2. The number of rotatable bonds is 11. The molecule has 0 aliphatic rings. The largest absolute Gasteiger partial charge is 0.493 e. The van der Waals surface area contributed by atoms with Gasteiger partial charge in [0.2, 0.25) is 0 Å². The van der Waals surface area contributed by atoms with Crippen molar-refractivity contribution in [3.63, 3.8) is 0 Å². The smallest absolute Gasteiger partial charge is 0.161 e. The van der Waals surface area contributed by atoms with Gasteiger partial charge in [-0.25, -0.2) is 4.39 Å². The molecule has 0 bridgehead atoms. The topological polar surface area (TPSA) is 33.7 Å². The average Bonchev–Trinajstić information content (AvgIpc) is 2.68. The van der Waals surface area contributed by atoms with E-state index in [-0.39, 0.29) is 37.2 Å². The number of halogens is 4. The minimum Gasteiger partial charge on any atom is -0.493 e. The Morgan fingerprint density at radius 3 is 2.38 bits per heavy atom. The van der Waals surface area contributed by atoms with Crippen molar-refractivity contribution in [3.05, 3.63) is 58.4 Å². The lowest BCUT2D eigenvalue weighted by molar-refractivity contribution is 0.284. The van der Waals surface area contributed by atoms with Gasteiger partial charge in [0.05, 0.1) is 12.1 Å². The van der Waals surface area contributed by atoms with Crippen LogP contribution in [0.1, 0.15) is 25.0 Å². The second-order valence-electron chi connectivity index (χ2n) is 6.21. The second-order valence-corrected chi connectivity index (χ2v) is 6.62. The van der Waals surface area contributed by atoms with Crippen LogP contribution >= 0.6 is 36.4 Å². The lowest BCUT2D eigenvalue weighted by Gasteiger charge is -2.18. The minimum atomic E-state index is -0.362. The molecule has 0 unspecified atom stereocenters. The van der Waals surface area contributed by atoms with Gasteiger partial charge in [0.25, 0.3) is 0 Å². The number of ether oxygens (including phenoxy) is 2. The predicted octanol–water partition coefficient (Wildman–Crippen LogP) is 5.34. The Balaban J connectivity index is 0.00000392. The van der Waals surface area contributed by atoms with E-state index in [9.17, 15) is 4.39 Å². The summed E-state index contributed by atoms with van der Waals surface area (Å²) in [6, 6.07) is 10.1. The van der Waals surface area contributed by atoms with Crippen molar-refractivity contribution >= 4 is 36.4 Å². The van der Waals surface area contributed by atoms with Crippen molar-refractivity contribution in [2.24, 2.45) is 0 Å². The normalized spacial score (nSPS) is 10.3. The molecule has 0 amide bonds. The molecule has 2 aromatic rings. The fourth-order valence-corrected chi connectivity index (χ4v) is 2.97. The summed E-state index contributed by atoms with van der Waals surface area (Å²) in [7, 11) is 1.62. The molecule has 0 aliphatic heterocycles. The Morgan fingerprint density at radius 1 is 1.03 bits per heavy atom. The van der Waals surface area contributed by atoms with E-state index < -0.39 is 0 Å². The summed E-state index contributed by atoms with van der Waals surface area (Å²) < 4.78 is 24.4. The van der Waals surface area contributed by atoms with Gasteiger partial charge < -0.3 is 19.7 Å². The van der Waals surface area contributed by atoms with Gasteiger partial charge in [0.15, 0.2) is 11.5 Å². The summed E-state index contributed by atoms with van der Waals surface area (Å²) in [5.74, 6) is 0.931. The van der Waals surface area contributed by atoms with Gasteiger partial charge in [-0.1, -0.05) is 37.6 Å². The molecule has 0 radical (unpaired) electrons. The van der Waals surface area contributed by atoms with Crippen LogP contribution in [0.25, 0.3) is 0 Å². The number of nitrogens with zero attached hydrogens (tertiary/aromatic N) is 1. The molecular weight excluding hydrogens is 438 g/mol. The molecule has 8 heteroatoms. The molecule has 0 aromatic heterocycles. The highest BCUT2D eigenvalue weighted by molar-refractivity contribution is 6.31. The number of benzene rings is 2. The van der Waals surface area contributed by atoms with Gasteiger partial charge >= 0.3 is 0 Å². The molecule has 0 atom stereocenters. The zero-order chi connectivity index (χ0) is 19.6. The number of hydrogen-bond donors (Lipinski definition) is 1. The zero-order valence-electron chi connectivity index (χ0n) is 17.0. The maximum absolute atomic E-state index is 13.1. The minimum absolute atomic E-state index is 0. The third-order valence-corrected chi connectivity index (χ3v) is 4.81. The molecule has 29 heavy (non-hydrogen) atoms. The van der Waals surface area contributed by atoms with Crippen molar-refractivity contribution in [1.82, 2.24) is 10.2 Å². The van der Waals surface area contributed by atoms with Crippen LogP contribution in [-0.4, -0.2) is 38.2 Å². The van der Waals surface area contributed by atoms with Crippen LogP contribution in [-0.2, 0) is 13.2 Å². The predicted molar refractivity (Wildman–Crippen MR) is 123 cm³/mol. The van der Waals surface area contributed by atoms with Crippen molar-refractivity contribution in [3.8, 4) is 11.5 Å². The molecule has 2 rings (SSSR count). The van der Waals surface area contributed by atoms with Crippen LogP contribution in [0.15, 0.2) is 36.4 Å². The van der Waals surface area contributed by atoms with Crippen molar-refractivity contribution in [2.75, 3.05) is 33.3 Å². The zero-order valence-corrected chi connectivity index (χ0v) is 19.4. The standard InChI is InChI=1S/C21H28ClFN2O2.2ClH/c1-4-25(5-2)11-10-24-14-16-6-9-20(21(12-16)26-3)27-15-17-7-8-18(23)13-19(17)22;;/h6-9,12-13,24H,4-5,10-11,14-15H2,1-3H3;2*1H. The van der Waals surface area contributed by atoms with E-state index in [4.69, 9.17) is 21.1 Å². The molecule has 4 nitrogen and oxygen atoms in total. The van der Waals surface area contributed by atoms with Crippen molar-refractivity contribution in [1.29, 1.82) is 0 Å². The van der Waals surface area contributed by atoms with Gasteiger partial charge in [-0.2, -0.15) is 0 Å². The van der Waals surface area contributed by atoms with Gasteiger partial charge in [0, 0.05) is 25.2 Å². The van der Waals surface area contributed by atoms with E-state index in [2.05, 4.69) is 24.1 Å². The first-order chi connectivity index (χ1) is 13.1. The Bertz CT molecular complexity index is 731. The lowest BCUT2D eigenvalue weighted by atomic mass is 10.2. The van der Waals surface area contributed by atoms with Gasteiger partial charge in [-0.3, -0.25) is 0 Å². The third kappa shape index (κ3) is 8.97. The van der Waals surface area contributed by atoms with Crippen LogP contribution in [0.4, 0.5) is 4.39 Å². The van der Waals surface area contributed by atoms with Crippen molar-refractivity contribution < 1.29 is 13.9 Å². The van der Waals surface area contributed by atoms with E-state index in [0.717, 1.165) is 43.9 Å². The van der Waals surface area contributed by atoms with Crippen LogP contribution in [0.5, 0.6) is 11.5 Å². The van der Waals surface area contributed by atoms with Crippen LogP contribution < -0.4 is 14.8 Å². The Morgan fingerprint density at radius 2 is 1.76 bits per heavy atom. The lowest BCUT2D eigenvalue weighted by Crippen LogP contribution is -2.31. The molecule has 164 valence electrons. The summed E-state index contributed by atoms with van der Waals surface area (Å²) in [6.07, 6.45) is 0. The summed E-state index contributed by atoms with van der Waals surface area (Å²) in [5, 5.41) is 3.80. The molecule has 0 saturated heterocycles. The Hall–Kier alpha value is -1.24. The highest BCUT2D eigenvalue weighted by atomic mass is 35.5. The molecule has 0 fully saturated rings. The maximum Gasteiger partial charge on any atom is 0.161 e. The Kier molecular flexibility index (Phi) is 14.1. The quantitative estimate of drug-likeness (QED) is 0.452. The fraction of sp³-hybridized carbons (Fsp3) is 0.429. The molecule has 0 heterocycles. The van der Waals surface area contributed by atoms with Crippen LogP contribution in [0.3, 0.4) is 0 Å². The first-order valence-electron chi connectivity index (χ1n) is 9.24. The summed E-state index contributed by atoms with van der Waals surface area (Å²) >= 11 is 6.05. The van der Waals surface area contributed by atoms with Crippen LogP contribution in [0, 0.1) is 5.82 Å². The fourth-order valence-electron chi connectivity index (χ4n) is 2.75. The monoisotopic (exact) mass is 466 g/mol. The van der Waals surface area contributed by atoms with Crippen LogP contribution in [0.2, 0.25) is 5.02 Å². The van der Waals surface area contributed by atoms with Gasteiger partial charge in [0.1, 0.15) is 12.4 Å². The highest BCUT2D eigenvalue weighted by Crippen LogP contribution is 2.29. The summed E-state index contributed by atoms with van der Waals surface area (Å²) in [4.78, 5) is 2.38. The third-order valence-electron chi connectivity index (χ3n) is 4.45. The molecule has 2 aromatic carbocycles. The highest BCUT2D eigenvalue weighted by Gasteiger charge is 2.08. The molecule has 1 N–H and O–H groups in total. The molecule has 0 saturated carbocycles. The molecule has 0 aliphatic carbocycles. The second kappa shape index (κ2) is 14.7. The van der Waals surface area contributed by atoms with E-state index in [1.165, 1.54) is 12.1 Å². The summed E-state index contributed by atoms with van der Waals surface area (Å²) in [6.45, 7) is 9.46. The van der Waals surface area contributed by atoms with Gasteiger partial charge in [-0.15, -0.1) is 24.8 Å². The first-order valence-corrected chi connectivity index (χ1v) is 9.61. The first kappa shape index (κ1) is 27.8.